The number of nitrogens with zero attached hydrogens (tertiary/aromatic N) is 2. The number of anilines is 1. The Labute approximate surface area is 154 Å². The second-order valence-corrected chi connectivity index (χ2v) is 6.96. The second-order valence-electron chi connectivity index (χ2n) is 6.55. The van der Waals surface area contributed by atoms with Crippen LogP contribution in [-0.2, 0) is 6.54 Å². The van der Waals surface area contributed by atoms with Crippen molar-refractivity contribution in [1.29, 1.82) is 0 Å². The molecule has 0 aromatic heterocycles. The Balaban J connectivity index is 1.55. The Morgan fingerprint density at radius 2 is 1.64 bits per heavy atom. The van der Waals surface area contributed by atoms with Crippen molar-refractivity contribution >= 4 is 23.3 Å². The molecule has 1 fully saturated rings. The van der Waals surface area contributed by atoms with E-state index in [9.17, 15) is 4.79 Å². The van der Waals surface area contributed by atoms with Crippen LogP contribution in [0.2, 0.25) is 5.02 Å². The number of piperazine rings is 1. The third kappa shape index (κ3) is 4.33. The molecule has 0 bridgehead atoms. The van der Waals surface area contributed by atoms with E-state index in [2.05, 4.69) is 16.3 Å². The molecule has 0 saturated carbocycles. The predicted molar refractivity (Wildman–Crippen MR) is 103 cm³/mol. The molecule has 0 atom stereocenters. The second kappa shape index (κ2) is 7.89. The molecular formula is C20H24ClN3O. The molecule has 3 rings (SSSR count). The molecule has 5 heteroatoms. The number of amides is 2. The number of halogens is 1. The summed E-state index contributed by atoms with van der Waals surface area (Å²) in [5, 5.41) is 3.87. The molecule has 132 valence electrons. The Morgan fingerprint density at radius 1 is 1.00 bits per heavy atom. The molecule has 0 unspecified atom stereocenters. The zero-order valence-corrected chi connectivity index (χ0v) is 15.5. The molecule has 2 amide bonds. The molecule has 0 aliphatic carbocycles. The SMILES string of the molecule is Cc1cccc(C)c1NC(=O)N1CCN(Cc2ccccc2Cl)CC1. The minimum absolute atomic E-state index is 0.0187. The fraction of sp³-hybridized carbons (Fsp3) is 0.350. The lowest BCUT2D eigenvalue weighted by Crippen LogP contribution is -2.49. The summed E-state index contributed by atoms with van der Waals surface area (Å²) in [6, 6.07) is 14.0. The van der Waals surface area contributed by atoms with Crippen molar-refractivity contribution in [2.45, 2.75) is 20.4 Å². The Bertz CT molecular complexity index is 734. The molecule has 2 aromatic carbocycles. The lowest BCUT2D eigenvalue weighted by atomic mass is 10.1. The van der Waals surface area contributed by atoms with E-state index in [0.717, 1.165) is 60.1 Å². The van der Waals surface area contributed by atoms with E-state index in [1.165, 1.54) is 0 Å². The number of carbonyl (C=O) groups is 1. The van der Waals surface area contributed by atoms with Crippen LogP contribution in [0.3, 0.4) is 0 Å². The molecule has 2 aromatic rings. The summed E-state index contributed by atoms with van der Waals surface area (Å²) >= 11 is 6.24. The number of hydrogen-bond acceptors (Lipinski definition) is 2. The maximum atomic E-state index is 12.6. The Morgan fingerprint density at radius 3 is 2.28 bits per heavy atom. The molecule has 25 heavy (non-hydrogen) atoms. The van der Waals surface area contributed by atoms with Gasteiger partial charge in [0.05, 0.1) is 0 Å². The number of aryl methyl sites for hydroxylation is 2. The average Bonchev–Trinajstić information content (AvgIpc) is 2.61. The van der Waals surface area contributed by atoms with E-state index in [1.54, 1.807) is 0 Å². The highest BCUT2D eigenvalue weighted by Gasteiger charge is 2.22. The van der Waals surface area contributed by atoms with E-state index in [-0.39, 0.29) is 6.03 Å². The summed E-state index contributed by atoms with van der Waals surface area (Å²) in [6.07, 6.45) is 0. The van der Waals surface area contributed by atoms with Gasteiger partial charge in [-0.3, -0.25) is 4.90 Å². The highest BCUT2D eigenvalue weighted by Crippen LogP contribution is 2.21. The van der Waals surface area contributed by atoms with E-state index >= 15 is 0 Å². The van der Waals surface area contributed by atoms with Gasteiger partial charge in [0, 0.05) is 43.4 Å². The number of benzene rings is 2. The number of urea groups is 1. The number of carbonyl (C=O) groups excluding carboxylic acids is 1. The van der Waals surface area contributed by atoms with Gasteiger partial charge in [-0.1, -0.05) is 48.0 Å². The number of para-hydroxylation sites is 1. The van der Waals surface area contributed by atoms with Gasteiger partial charge in [-0.2, -0.15) is 0 Å². The summed E-state index contributed by atoms with van der Waals surface area (Å²) < 4.78 is 0. The van der Waals surface area contributed by atoms with Crippen molar-refractivity contribution < 1.29 is 4.79 Å². The normalized spacial score (nSPS) is 15.2. The number of nitrogens with one attached hydrogen (secondary N) is 1. The number of hydrogen-bond donors (Lipinski definition) is 1. The minimum Gasteiger partial charge on any atom is -0.322 e. The van der Waals surface area contributed by atoms with E-state index in [4.69, 9.17) is 11.6 Å². The largest absolute Gasteiger partial charge is 0.322 e. The predicted octanol–water partition coefficient (Wildman–Crippen LogP) is 4.31. The van der Waals surface area contributed by atoms with Gasteiger partial charge < -0.3 is 10.2 Å². The van der Waals surface area contributed by atoms with Crippen LogP contribution in [0.4, 0.5) is 10.5 Å². The van der Waals surface area contributed by atoms with Gasteiger partial charge in [-0.15, -0.1) is 0 Å². The topological polar surface area (TPSA) is 35.6 Å². The van der Waals surface area contributed by atoms with Crippen molar-refractivity contribution in [2.75, 3.05) is 31.5 Å². The highest BCUT2D eigenvalue weighted by atomic mass is 35.5. The fourth-order valence-corrected chi connectivity index (χ4v) is 3.37. The molecule has 1 N–H and O–H groups in total. The summed E-state index contributed by atoms with van der Waals surface area (Å²) in [5.74, 6) is 0. The van der Waals surface area contributed by atoms with Crippen molar-refractivity contribution in [3.8, 4) is 0 Å². The molecule has 1 heterocycles. The summed E-state index contributed by atoms with van der Waals surface area (Å²) in [7, 11) is 0. The van der Waals surface area contributed by atoms with Crippen molar-refractivity contribution in [3.05, 3.63) is 64.2 Å². The monoisotopic (exact) mass is 357 g/mol. The van der Waals surface area contributed by atoms with Gasteiger partial charge in [0.15, 0.2) is 0 Å². The van der Waals surface area contributed by atoms with Crippen LogP contribution < -0.4 is 5.32 Å². The minimum atomic E-state index is -0.0187. The first-order chi connectivity index (χ1) is 12.0. The third-order valence-electron chi connectivity index (χ3n) is 4.72. The summed E-state index contributed by atoms with van der Waals surface area (Å²) in [6.45, 7) is 8.01. The first-order valence-corrected chi connectivity index (χ1v) is 9.00. The first kappa shape index (κ1) is 17.8. The van der Waals surface area contributed by atoms with E-state index < -0.39 is 0 Å². The van der Waals surface area contributed by atoms with Crippen LogP contribution in [0.25, 0.3) is 0 Å². The molecule has 0 radical (unpaired) electrons. The molecule has 4 nitrogen and oxygen atoms in total. The maximum absolute atomic E-state index is 12.6. The van der Waals surface area contributed by atoms with Gasteiger partial charge in [0.25, 0.3) is 0 Å². The molecule has 1 aliphatic rings. The van der Waals surface area contributed by atoms with Crippen LogP contribution in [0, 0.1) is 13.8 Å². The van der Waals surface area contributed by atoms with Crippen LogP contribution in [0.1, 0.15) is 16.7 Å². The molecule has 1 saturated heterocycles. The Kier molecular flexibility index (Phi) is 5.61. The molecule has 1 aliphatic heterocycles. The Hall–Kier alpha value is -2.04. The summed E-state index contributed by atoms with van der Waals surface area (Å²) in [4.78, 5) is 16.8. The molecular weight excluding hydrogens is 334 g/mol. The lowest BCUT2D eigenvalue weighted by Gasteiger charge is -2.35. The average molecular weight is 358 g/mol. The standard InChI is InChI=1S/C20H24ClN3O/c1-15-6-5-7-16(2)19(15)22-20(25)24-12-10-23(11-13-24)14-17-8-3-4-9-18(17)21/h3-9H,10-14H2,1-2H3,(H,22,25). The number of rotatable bonds is 3. The van der Waals surface area contributed by atoms with Crippen LogP contribution >= 0.6 is 11.6 Å². The zero-order chi connectivity index (χ0) is 17.8. The van der Waals surface area contributed by atoms with Crippen LogP contribution in [0.5, 0.6) is 0 Å². The highest BCUT2D eigenvalue weighted by molar-refractivity contribution is 6.31. The lowest BCUT2D eigenvalue weighted by molar-refractivity contribution is 0.143. The maximum Gasteiger partial charge on any atom is 0.321 e. The van der Waals surface area contributed by atoms with Crippen molar-refractivity contribution in [1.82, 2.24) is 9.80 Å². The zero-order valence-electron chi connectivity index (χ0n) is 14.8. The molecule has 0 spiro atoms. The quantitative estimate of drug-likeness (QED) is 0.888. The smallest absolute Gasteiger partial charge is 0.321 e. The third-order valence-corrected chi connectivity index (χ3v) is 5.09. The van der Waals surface area contributed by atoms with Crippen LogP contribution in [-0.4, -0.2) is 42.0 Å². The van der Waals surface area contributed by atoms with Crippen molar-refractivity contribution in [2.24, 2.45) is 0 Å². The van der Waals surface area contributed by atoms with Gasteiger partial charge >= 0.3 is 6.03 Å². The fourth-order valence-electron chi connectivity index (χ4n) is 3.17. The summed E-state index contributed by atoms with van der Waals surface area (Å²) in [5.41, 5.74) is 4.24. The van der Waals surface area contributed by atoms with Crippen molar-refractivity contribution in [3.63, 3.8) is 0 Å². The van der Waals surface area contributed by atoms with Gasteiger partial charge in [0.1, 0.15) is 0 Å². The van der Waals surface area contributed by atoms with Gasteiger partial charge in [0.2, 0.25) is 0 Å². The van der Waals surface area contributed by atoms with E-state index in [0.29, 0.717) is 0 Å². The van der Waals surface area contributed by atoms with Crippen LogP contribution in [0.15, 0.2) is 42.5 Å². The van der Waals surface area contributed by atoms with Gasteiger partial charge in [-0.05, 0) is 36.6 Å². The van der Waals surface area contributed by atoms with Gasteiger partial charge in [-0.25, -0.2) is 4.79 Å². The first-order valence-electron chi connectivity index (χ1n) is 8.62. The van der Waals surface area contributed by atoms with E-state index in [1.807, 2.05) is 55.1 Å².